The second-order valence-electron chi connectivity index (χ2n) is 5.80. The topological polar surface area (TPSA) is 73.6 Å². The highest BCUT2D eigenvalue weighted by Crippen LogP contribution is 2.36. The van der Waals surface area contributed by atoms with Crippen molar-refractivity contribution in [3.63, 3.8) is 0 Å². The van der Waals surface area contributed by atoms with Gasteiger partial charge in [0.2, 0.25) is 5.91 Å². The molecule has 5 nitrogen and oxygen atoms in total. The molecule has 1 aromatic carbocycles. The van der Waals surface area contributed by atoms with Crippen LogP contribution in [-0.4, -0.2) is 31.8 Å². The van der Waals surface area contributed by atoms with Crippen molar-refractivity contribution in [3.8, 4) is 5.75 Å². The van der Waals surface area contributed by atoms with Gasteiger partial charge < -0.3 is 20.5 Å². The summed E-state index contributed by atoms with van der Waals surface area (Å²) in [5.74, 6) is 1.21. The van der Waals surface area contributed by atoms with Gasteiger partial charge in [-0.15, -0.1) is 0 Å². The van der Waals surface area contributed by atoms with Crippen molar-refractivity contribution >= 4 is 11.6 Å². The van der Waals surface area contributed by atoms with E-state index in [1.807, 2.05) is 0 Å². The van der Waals surface area contributed by atoms with E-state index in [1.54, 1.807) is 31.4 Å². The minimum Gasteiger partial charge on any atom is -0.497 e. The molecule has 0 aliphatic heterocycles. The third-order valence-corrected chi connectivity index (χ3v) is 4.07. The predicted octanol–water partition coefficient (Wildman–Crippen LogP) is 2.17. The molecule has 0 saturated heterocycles. The fourth-order valence-corrected chi connectivity index (χ4v) is 2.81. The summed E-state index contributed by atoms with van der Waals surface area (Å²) in [5, 5.41) is 2.81. The zero-order valence-corrected chi connectivity index (χ0v) is 12.7. The average Bonchev–Trinajstić information content (AvgIpc) is 2.88. The number of rotatable bonds is 6. The summed E-state index contributed by atoms with van der Waals surface area (Å²) >= 11 is 0. The third kappa shape index (κ3) is 4.19. The lowest BCUT2D eigenvalue weighted by Gasteiger charge is -2.27. The summed E-state index contributed by atoms with van der Waals surface area (Å²) < 4.78 is 10.9. The summed E-state index contributed by atoms with van der Waals surface area (Å²) in [6, 6.07) is 7.20. The van der Waals surface area contributed by atoms with Crippen LogP contribution in [0.15, 0.2) is 24.3 Å². The molecule has 1 aromatic rings. The molecule has 0 radical (unpaired) electrons. The van der Waals surface area contributed by atoms with Gasteiger partial charge >= 0.3 is 0 Å². The van der Waals surface area contributed by atoms with E-state index in [0.29, 0.717) is 12.5 Å². The number of nitrogens with one attached hydrogen (secondary N) is 1. The number of anilines is 1. The standard InChI is InChI=1S/C16H24N2O3/c1-12-7-8-16(9-12,11-17)21-10-15(19)18-13-3-5-14(20-2)6-4-13/h3-6,12H,7-11,17H2,1-2H3,(H,18,19). The molecule has 0 heterocycles. The van der Waals surface area contributed by atoms with Crippen molar-refractivity contribution in [2.45, 2.75) is 31.8 Å². The van der Waals surface area contributed by atoms with Gasteiger partial charge in [0, 0.05) is 12.2 Å². The molecule has 1 fully saturated rings. The molecule has 0 spiro atoms. The summed E-state index contributed by atoms with van der Waals surface area (Å²) in [4.78, 5) is 12.0. The van der Waals surface area contributed by atoms with Crippen LogP contribution in [0.3, 0.4) is 0 Å². The highest BCUT2D eigenvalue weighted by Gasteiger charge is 2.37. The van der Waals surface area contributed by atoms with E-state index in [-0.39, 0.29) is 18.1 Å². The van der Waals surface area contributed by atoms with E-state index < -0.39 is 0 Å². The van der Waals surface area contributed by atoms with E-state index in [4.69, 9.17) is 15.2 Å². The Labute approximate surface area is 125 Å². The number of amides is 1. The van der Waals surface area contributed by atoms with Crippen molar-refractivity contribution < 1.29 is 14.3 Å². The van der Waals surface area contributed by atoms with Crippen LogP contribution in [0.2, 0.25) is 0 Å². The molecule has 1 saturated carbocycles. The van der Waals surface area contributed by atoms with Crippen LogP contribution in [0.1, 0.15) is 26.2 Å². The molecule has 116 valence electrons. The summed E-state index contributed by atoms with van der Waals surface area (Å²) in [6.45, 7) is 2.70. The largest absolute Gasteiger partial charge is 0.497 e. The summed E-state index contributed by atoms with van der Waals surface area (Å²) in [6.07, 6.45) is 2.97. The second-order valence-corrected chi connectivity index (χ2v) is 5.80. The van der Waals surface area contributed by atoms with Gasteiger partial charge in [0.05, 0.1) is 12.7 Å². The molecular formula is C16H24N2O3. The first-order valence-electron chi connectivity index (χ1n) is 7.35. The Hall–Kier alpha value is -1.59. The monoisotopic (exact) mass is 292 g/mol. The predicted molar refractivity (Wildman–Crippen MR) is 82.4 cm³/mol. The Bertz CT molecular complexity index is 475. The SMILES string of the molecule is COc1ccc(NC(=O)COC2(CN)CCC(C)C2)cc1. The normalized spacial score (nSPS) is 24.8. The molecule has 2 unspecified atom stereocenters. The highest BCUT2D eigenvalue weighted by atomic mass is 16.5. The lowest BCUT2D eigenvalue weighted by molar-refractivity contribution is -0.127. The quantitative estimate of drug-likeness (QED) is 0.842. The zero-order valence-electron chi connectivity index (χ0n) is 12.7. The molecule has 5 heteroatoms. The molecular weight excluding hydrogens is 268 g/mol. The lowest BCUT2D eigenvalue weighted by Crippen LogP contribution is -2.40. The third-order valence-electron chi connectivity index (χ3n) is 4.07. The lowest BCUT2D eigenvalue weighted by atomic mass is 10.0. The van der Waals surface area contributed by atoms with E-state index >= 15 is 0 Å². The van der Waals surface area contributed by atoms with Gasteiger partial charge in [-0.05, 0) is 49.4 Å². The second kappa shape index (κ2) is 6.91. The van der Waals surface area contributed by atoms with Crippen molar-refractivity contribution in [1.29, 1.82) is 0 Å². The van der Waals surface area contributed by atoms with Crippen LogP contribution in [0.5, 0.6) is 5.75 Å². The number of hydrogen-bond acceptors (Lipinski definition) is 4. The molecule has 0 aromatic heterocycles. The first-order valence-corrected chi connectivity index (χ1v) is 7.35. The first kappa shape index (κ1) is 15.8. The summed E-state index contributed by atoms with van der Waals surface area (Å²) in [7, 11) is 1.61. The van der Waals surface area contributed by atoms with E-state index in [1.165, 1.54) is 0 Å². The maximum atomic E-state index is 12.0. The Balaban J connectivity index is 1.84. The Morgan fingerprint density at radius 3 is 2.67 bits per heavy atom. The van der Waals surface area contributed by atoms with Gasteiger partial charge in [0.15, 0.2) is 0 Å². The number of carbonyl (C=O) groups is 1. The van der Waals surface area contributed by atoms with E-state index in [9.17, 15) is 4.79 Å². The van der Waals surface area contributed by atoms with E-state index in [2.05, 4.69) is 12.2 Å². The molecule has 1 amide bonds. The van der Waals surface area contributed by atoms with Crippen molar-refractivity contribution in [2.24, 2.45) is 11.7 Å². The zero-order chi connectivity index (χ0) is 15.3. The van der Waals surface area contributed by atoms with Crippen molar-refractivity contribution in [3.05, 3.63) is 24.3 Å². The van der Waals surface area contributed by atoms with Gasteiger partial charge in [0.1, 0.15) is 12.4 Å². The minimum atomic E-state index is -0.323. The average molecular weight is 292 g/mol. The van der Waals surface area contributed by atoms with Crippen LogP contribution >= 0.6 is 0 Å². The molecule has 21 heavy (non-hydrogen) atoms. The Morgan fingerprint density at radius 1 is 1.43 bits per heavy atom. The first-order chi connectivity index (χ1) is 10.1. The number of methoxy groups -OCH3 is 1. The molecule has 3 N–H and O–H groups in total. The van der Waals surface area contributed by atoms with E-state index in [0.717, 1.165) is 30.7 Å². The molecule has 2 atom stereocenters. The highest BCUT2D eigenvalue weighted by molar-refractivity contribution is 5.91. The minimum absolute atomic E-state index is 0.0376. The van der Waals surface area contributed by atoms with Gasteiger partial charge in [-0.25, -0.2) is 0 Å². The van der Waals surface area contributed by atoms with Crippen LogP contribution in [0, 0.1) is 5.92 Å². The Kier molecular flexibility index (Phi) is 5.20. The van der Waals surface area contributed by atoms with Gasteiger partial charge in [-0.1, -0.05) is 6.92 Å². The molecule has 2 rings (SSSR count). The number of hydrogen-bond donors (Lipinski definition) is 2. The molecule has 0 bridgehead atoms. The fourth-order valence-electron chi connectivity index (χ4n) is 2.81. The van der Waals surface area contributed by atoms with Crippen LogP contribution in [-0.2, 0) is 9.53 Å². The molecule has 1 aliphatic rings. The van der Waals surface area contributed by atoms with Gasteiger partial charge in [-0.3, -0.25) is 4.79 Å². The number of ether oxygens (including phenoxy) is 2. The summed E-state index contributed by atoms with van der Waals surface area (Å²) in [5.41, 5.74) is 6.24. The number of nitrogens with two attached hydrogens (primary N) is 1. The van der Waals surface area contributed by atoms with Gasteiger partial charge in [0.25, 0.3) is 0 Å². The van der Waals surface area contributed by atoms with Crippen LogP contribution in [0.25, 0.3) is 0 Å². The number of benzene rings is 1. The van der Waals surface area contributed by atoms with Crippen LogP contribution < -0.4 is 15.8 Å². The maximum Gasteiger partial charge on any atom is 0.250 e. The maximum absolute atomic E-state index is 12.0. The van der Waals surface area contributed by atoms with Crippen molar-refractivity contribution in [1.82, 2.24) is 0 Å². The van der Waals surface area contributed by atoms with Crippen LogP contribution in [0.4, 0.5) is 5.69 Å². The number of carbonyl (C=O) groups excluding carboxylic acids is 1. The fraction of sp³-hybridized carbons (Fsp3) is 0.562. The smallest absolute Gasteiger partial charge is 0.250 e. The molecule has 1 aliphatic carbocycles. The van der Waals surface area contributed by atoms with Crippen molar-refractivity contribution in [2.75, 3.05) is 25.6 Å². The van der Waals surface area contributed by atoms with Gasteiger partial charge in [-0.2, -0.15) is 0 Å². The Morgan fingerprint density at radius 2 is 2.14 bits per heavy atom.